The molecule has 0 spiro atoms. The molecule has 1 amide bonds. The molecular weight excluding hydrogens is 272 g/mol. The van der Waals surface area contributed by atoms with Gasteiger partial charge in [-0.05, 0) is 30.5 Å². The van der Waals surface area contributed by atoms with E-state index in [0.29, 0.717) is 30.1 Å². The van der Waals surface area contributed by atoms with Crippen LogP contribution in [0.5, 0.6) is 0 Å². The van der Waals surface area contributed by atoms with Gasteiger partial charge in [-0.15, -0.1) is 11.3 Å². The molecule has 3 N–H and O–H groups in total. The summed E-state index contributed by atoms with van der Waals surface area (Å²) in [5.74, 6) is -0.0682. The Morgan fingerprint density at radius 1 is 1.60 bits per heavy atom. The van der Waals surface area contributed by atoms with Gasteiger partial charge in [0.25, 0.3) is 0 Å². The number of carbonyl (C=O) groups excluding carboxylic acids is 1. The van der Waals surface area contributed by atoms with Crippen molar-refractivity contribution in [2.45, 2.75) is 20.3 Å². The van der Waals surface area contributed by atoms with Gasteiger partial charge in [0.1, 0.15) is 11.1 Å². The van der Waals surface area contributed by atoms with E-state index in [1.54, 1.807) is 11.4 Å². The molecule has 110 valence electrons. The van der Waals surface area contributed by atoms with Crippen molar-refractivity contribution < 1.29 is 4.79 Å². The molecule has 0 aliphatic rings. The smallest absolute Gasteiger partial charge is 0.226 e. The summed E-state index contributed by atoms with van der Waals surface area (Å²) in [6.07, 6.45) is 0.403. The van der Waals surface area contributed by atoms with E-state index in [9.17, 15) is 4.79 Å². The minimum atomic E-state index is -0.0682. The fourth-order valence-corrected chi connectivity index (χ4v) is 2.60. The molecule has 0 fully saturated rings. The maximum absolute atomic E-state index is 11.9. The summed E-state index contributed by atoms with van der Waals surface area (Å²) in [6.45, 7) is 6.34. The third kappa shape index (κ3) is 5.29. The van der Waals surface area contributed by atoms with Gasteiger partial charge in [-0.25, -0.2) is 0 Å². The molecular formula is C14H22N4OS. The summed E-state index contributed by atoms with van der Waals surface area (Å²) in [6, 6.07) is 3.76. The van der Waals surface area contributed by atoms with Gasteiger partial charge in [-0.1, -0.05) is 13.8 Å². The van der Waals surface area contributed by atoms with Crippen LogP contribution < -0.4 is 11.1 Å². The number of nitriles is 1. The first kappa shape index (κ1) is 16.6. The van der Waals surface area contributed by atoms with Gasteiger partial charge >= 0.3 is 0 Å². The first-order valence-corrected chi connectivity index (χ1v) is 7.42. The van der Waals surface area contributed by atoms with Crippen molar-refractivity contribution in [3.05, 3.63) is 17.0 Å². The van der Waals surface area contributed by atoms with Crippen molar-refractivity contribution in [3.63, 3.8) is 0 Å². The molecule has 1 rings (SSSR count). The highest BCUT2D eigenvalue weighted by Gasteiger charge is 2.18. The van der Waals surface area contributed by atoms with E-state index in [4.69, 9.17) is 11.0 Å². The number of amides is 1. The average Bonchev–Trinajstić information content (AvgIpc) is 2.83. The average molecular weight is 294 g/mol. The van der Waals surface area contributed by atoms with Crippen LogP contribution >= 0.6 is 11.3 Å². The lowest BCUT2D eigenvalue weighted by Gasteiger charge is -2.28. The van der Waals surface area contributed by atoms with Crippen LogP contribution in [0.25, 0.3) is 0 Å². The summed E-state index contributed by atoms with van der Waals surface area (Å²) in [4.78, 5) is 14.0. The lowest BCUT2D eigenvalue weighted by molar-refractivity contribution is -0.116. The number of hydrogen-bond acceptors (Lipinski definition) is 5. The normalized spacial score (nSPS) is 11.4. The lowest BCUT2D eigenvalue weighted by Crippen LogP contribution is -2.37. The second-order valence-corrected chi connectivity index (χ2v) is 6.60. The SMILES string of the molecule is CN(CCC(=O)Nc1sccc1C#N)CC(C)(C)CN. The summed E-state index contributed by atoms with van der Waals surface area (Å²) in [7, 11) is 1.98. The topological polar surface area (TPSA) is 82.2 Å². The zero-order valence-corrected chi connectivity index (χ0v) is 13.1. The standard InChI is InChI=1S/C14H22N4OS/c1-14(2,9-16)10-18(3)6-4-12(19)17-13-11(8-15)5-7-20-13/h5,7H,4,6,9-10,16H2,1-3H3,(H,17,19). The molecule has 0 aliphatic carbocycles. The highest BCUT2D eigenvalue weighted by molar-refractivity contribution is 7.14. The van der Waals surface area contributed by atoms with Gasteiger partial charge in [0.05, 0.1) is 5.56 Å². The molecule has 0 aliphatic heterocycles. The second-order valence-electron chi connectivity index (χ2n) is 5.68. The van der Waals surface area contributed by atoms with Crippen LogP contribution in [-0.2, 0) is 4.79 Å². The molecule has 6 heteroatoms. The maximum atomic E-state index is 11.9. The minimum Gasteiger partial charge on any atom is -0.330 e. The van der Waals surface area contributed by atoms with Crippen LogP contribution in [0.2, 0.25) is 0 Å². The maximum Gasteiger partial charge on any atom is 0.226 e. The van der Waals surface area contributed by atoms with Crippen LogP contribution in [0, 0.1) is 16.7 Å². The Bertz CT molecular complexity index is 490. The molecule has 0 bridgehead atoms. The van der Waals surface area contributed by atoms with Crippen molar-refractivity contribution in [2.75, 3.05) is 32.0 Å². The second kappa shape index (κ2) is 7.39. The Kier molecular flexibility index (Phi) is 6.14. The van der Waals surface area contributed by atoms with Crippen molar-refractivity contribution in [1.29, 1.82) is 5.26 Å². The molecule has 20 heavy (non-hydrogen) atoms. The van der Waals surface area contributed by atoms with E-state index in [0.717, 1.165) is 6.54 Å². The van der Waals surface area contributed by atoms with Crippen molar-refractivity contribution in [3.8, 4) is 6.07 Å². The Labute approximate surface area is 124 Å². The molecule has 0 saturated heterocycles. The molecule has 1 aromatic rings. The number of nitrogens with one attached hydrogen (secondary N) is 1. The largest absolute Gasteiger partial charge is 0.330 e. The van der Waals surface area contributed by atoms with Gasteiger partial charge < -0.3 is 16.0 Å². The van der Waals surface area contributed by atoms with E-state index in [-0.39, 0.29) is 11.3 Å². The number of anilines is 1. The predicted molar refractivity (Wildman–Crippen MR) is 82.6 cm³/mol. The molecule has 0 aromatic carbocycles. The first-order chi connectivity index (χ1) is 9.38. The molecule has 0 atom stereocenters. The molecule has 0 saturated carbocycles. The predicted octanol–water partition coefficient (Wildman–Crippen LogP) is 1.87. The summed E-state index contributed by atoms with van der Waals surface area (Å²) in [5, 5.41) is 14.1. The Morgan fingerprint density at radius 2 is 2.30 bits per heavy atom. The zero-order chi connectivity index (χ0) is 15.2. The highest BCUT2D eigenvalue weighted by atomic mass is 32.1. The summed E-state index contributed by atoms with van der Waals surface area (Å²) >= 11 is 1.37. The number of rotatable bonds is 7. The third-order valence-electron chi connectivity index (χ3n) is 3.01. The van der Waals surface area contributed by atoms with Crippen LogP contribution in [-0.4, -0.2) is 37.5 Å². The van der Waals surface area contributed by atoms with E-state index < -0.39 is 0 Å². The van der Waals surface area contributed by atoms with E-state index in [2.05, 4.69) is 30.1 Å². The van der Waals surface area contributed by atoms with Gasteiger partial charge in [0.2, 0.25) is 5.91 Å². The Balaban J connectivity index is 2.39. The molecule has 5 nitrogen and oxygen atoms in total. The van der Waals surface area contributed by atoms with E-state index in [1.807, 2.05) is 7.05 Å². The highest BCUT2D eigenvalue weighted by Crippen LogP contribution is 2.22. The molecule has 0 radical (unpaired) electrons. The van der Waals surface area contributed by atoms with Gasteiger partial charge in [0, 0.05) is 19.5 Å². The van der Waals surface area contributed by atoms with Crippen LogP contribution in [0.1, 0.15) is 25.8 Å². The van der Waals surface area contributed by atoms with Crippen molar-refractivity contribution in [1.82, 2.24) is 4.90 Å². The number of nitrogens with zero attached hydrogens (tertiary/aromatic N) is 2. The molecule has 1 heterocycles. The zero-order valence-electron chi connectivity index (χ0n) is 12.3. The number of thiophene rings is 1. The Morgan fingerprint density at radius 3 is 2.90 bits per heavy atom. The van der Waals surface area contributed by atoms with Gasteiger partial charge in [0.15, 0.2) is 0 Å². The van der Waals surface area contributed by atoms with Crippen LogP contribution in [0.3, 0.4) is 0 Å². The molecule has 1 aromatic heterocycles. The summed E-state index contributed by atoms with van der Waals surface area (Å²) in [5.41, 5.74) is 6.26. The van der Waals surface area contributed by atoms with Crippen LogP contribution in [0.4, 0.5) is 5.00 Å². The van der Waals surface area contributed by atoms with Gasteiger partial charge in [-0.3, -0.25) is 4.79 Å². The first-order valence-electron chi connectivity index (χ1n) is 6.54. The fourth-order valence-electron chi connectivity index (χ4n) is 1.85. The fraction of sp³-hybridized carbons (Fsp3) is 0.571. The molecule has 0 unspecified atom stereocenters. The van der Waals surface area contributed by atoms with Crippen molar-refractivity contribution >= 4 is 22.2 Å². The lowest BCUT2D eigenvalue weighted by atomic mass is 9.93. The number of carbonyl (C=O) groups is 1. The quantitative estimate of drug-likeness (QED) is 0.804. The third-order valence-corrected chi connectivity index (χ3v) is 3.84. The summed E-state index contributed by atoms with van der Waals surface area (Å²) < 4.78 is 0. The number of hydrogen-bond donors (Lipinski definition) is 2. The minimum absolute atomic E-state index is 0.0486. The Hall–Kier alpha value is -1.42. The monoisotopic (exact) mass is 294 g/mol. The van der Waals surface area contributed by atoms with E-state index in [1.165, 1.54) is 11.3 Å². The van der Waals surface area contributed by atoms with Crippen LogP contribution in [0.15, 0.2) is 11.4 Å². The number of nitrogens with two attached hydrogens (primary N) is 1. The van der Waals surface area contributed by atoms with Crippen molar-refractivity contribution in [2.24, 2.45) is 11.1 Å². The van der Waals surface area contributed by atoms with E-state index >= 15 is 0 Å². The van der Waals surface area contributed by atoms with Gasteiger partial charge in [-0.2, -0.15) is 5.26 Å².